The molecule has 1 atom stereocenters. The molecule has 1 fully saturated rings. The van der Waals surface area contributed by atoms with Gasteiger partial charge in [0, 0.05) is 30.1 Å². The molecule has 3 rings (SSSR count). The van der Waals surface area contributed by atoms with Crippen LogP contribution in [0.1, 0.15) is 43.7 Å². The molecule has 5 heteroatoms. The van der Waals surface area contributed by atoms with E-state index in [1.165, 1.54) is 12.0 Å². The van der Waals surface area contributed by atoms with Crippen molar-refractivity contribution in [2.75, 3.05) is 6.61 Å². The van der Waals surface area contributed by atoms with Gasteiger partial charge in [-0.3, -0.25) is 4.98 Å². The molecule has 2 aromatic rings. The SMILES string of the molecule is CCc1cc(-c2cnn(C3CCCCO3)c2)cnc1CCl. The number of alkyl halides is 1. The lowest BCUT2D eigenvalue weighted by atomic mass is 10.1. The molecule has 0 radical (unpaired) electrons. The highest BCUT2D eigenvalue weighted by Crippen LogP contribution is 2.26. The molecule has 1 unspecified atom stereocenters. The first kappa shape index (κ1) is 14.5. The summed E-state index contributed by atoms with van der Waals surface area (Å²) in [7, 11) is 0. The Bertz CT molecular complexity index is 605. The molecule has 0 amide bonds. The zero-order valence-corrected chi connectivity index (χ0v) is 13.0. The van der Waals surface area contributed by atoms with Crippen LogP contribution in [0.3, 0.4) is 0 Å². The maximum atomic E-state index is 5.92. The van der Waals surface area contributed by atoms with Gasteiger partial charge in [0.05, 0.1) is 17.8 Å². The van der Waals surface area contributed by atoms with E-state index in [4.69, 9.17) is 16.3 Å². The zero-order valence-electron chi connectivity index (χ0n) is 12.3. The number of pyridine rings is 1. The largest absolute Gasteiger partial charge is 0.357 e. The minimum atomic E-state index is 0.0771. The summed E-state index contributed by atoms with van der Waals surface area (Å²) in [6.07, 6.45) is 10.2. The predicted molar refractivity (Wildman–Crippen MR) is 83.2 cm³/mol. The normalized spacial score (nSPS) is 18.9. The molecule has 0 bridgehead atoms. The molecule has 2 aromatic heterocycles. The van der Waals surface area contributed by atoms with Crippen molar-refractivity contribution in [1.82, 2.24) is 14.8 Å². The molecule has 0 aliphatic carbocycles. The van der Waals surface area contributed by atoms with Crippen LogP contribution in [0.4, 0.5) is 0 Å². The molecule has 0 N–H and O–H groups in total. The van der Waals surface area contributed by atoms with Gasteiger partial charge < -0.3 is 4.74 Å². The summed E-state index contributed by atoms with van der Waals surface area (Å²) in [5.41, 5.74) is 4.32. The number of aromatic nitrogens is 3. The summed E-state index contributed by atoms with van der Waals surface area (Å²) in [6.45, 7) is 2.95. The minimum absolute atomic E-state index is 0.0771. The Morgan fingerprint density at radius 2 is 2.24 bits per heavy atom. The first-order valence-electron chi connectivity index (χ1n) is 7.51. The number of hydrogen-bond acceptors (Lipinski definition) is 3. The second kappa shape index (κ2) is 6.58. The smallest absolute Gasteiger partial charge is 0.150 e. The Hall–Kier alpha value is -1.39. The Kier molecular flexibility index (Phi) is 4.56. The Balaban J connectivity index is 1.85. The molecular formula is C16H20ClN3O. The van der Waals surface area contributed by atoms with Crippen molar-refractivity contribution in [3.8, 4) is 11.1 Å². The third-order valence-electron chi connectivity index (χ3n) is 3.95. The third-order valence-corrected chi connectivity index (χ3v) is 4.21. The molecule has 4 nitrogen and oxygen atoms in total. The van der Waals surface area contributed by atoms with Crippen molar-refractivity contribution in [3.63, 3.8) is 0 Å². The number of hydrogen-bond donors (Lipinski definition) is 0. The molecule has 0 saturated carbocycles. The summed E-state index contributed by atoms with van der Waals surface area (Å²) >= 11 is 5.92. The lowest BCUT2D eigenvalue weighted by Gasteiger charge is -2.22. The average molecular weight is 306 g/mol. The van der Waals surface area contributed by atoms with Crippen LogP contribution < -0.4 is 0 Å². The maximum absolute atomic E-state index is 5.92. The van der Waals surface area contributed by atoms with Crippen LogP contribution in [0.15, 0.2) is 24.7 Å². The topological polar surface area (TPSA) is 39.9 Å². The lowest BCUT2D eigenvalue weighted by molar-refractivity contribution is -0.0394. The van der Waals surface area contributed by atoms with Gasteiger partial charge in [-0.2, -0.15) is 5.10 Å². The fourth-order valence-corrected chi connectivity index (χ4v) is 2.94. The van der Waals surface area contributed by atoms with Gasteiger partial charge in [-0.25, -0.2) is 4.68 Å². The van der Waals surface area contributed by atoms with E-state index in [1.54, 1.807) is 0 Å². The average Bonchev–Trinajstić information content (AvgIpc) is 3.05. The summed E-state index contributed by atoms with van der Waals surface area (Å²) in [5, 5.41) is 4.45. The Morgan fingerprint density at radius 1 is 1.33 bits per heavy atom. The van der Waals surface area contributed by atoms with Crippen LogP contribution in [0, 0.1) is 0 Å². The van der Waals surface area contributed by atoms with Gasteiger partial charge in [0.25, 0.3) is 0 Å². The van der Waals surface area contributed by atoms with Gasteiger partial charge in [0.15, 0.2) is 0 Å². The van der Waals surface area contributed by atoms with E-state index >= 15 is 0 Å². The number of aryl methyl sites for hydroxylation is 1. The van der Waals surface area contributed by atoms with E-state index < -0.39 is 0 Å². The first-order chi connectivity index (χ1) is 10.3. The number of nitrogens with zero attached hydrogens (tertiary/aromatic N) is 3. The van der Waals surface area contributed by atoms with Crippen molar-refractivity contribution in [3.05, 3.63) is 35.9 Å². The van der Waals surface area contributed by atoms with Crippen molar-refractivity contribution in [2.24, 2.45) is 0 Å². The standard InChI is InChI=1S/C16H20ClN3O/c1-2-12-7-13(9-18-15(12)8-17)14-10-19-20(11-14)16-5-3-4-6-21-16/h7,9-11,16H,2-6,8H2,1H3. The van der Waals surface area contributed by atoms with Crippen LogP contribution in [0.25, 0.3) is 11.1 Å². The molecular weight excluding hydrogens is 286 g/mol. The van der Waals surface area contributed by atoms with Crippen LogP contribution in [0.2, 0.25) is 0 Å². The van der Waals surface area contributed by atoms with E-state index in [0.717, 1.165) is 42.7 Å². The monoisotopic (exact) mass is 305 g/mol. The van der Waals surface area contributed by atoms with Gasteiger partial charge in [-0.05, 0) is 37.3 Å². The number of halogens is 1. The quantitative estimate of drug-likeness (QED) is 0.803. The highest BCUT2D eigenvalue weighted by molar-refractivity contribution is 6.17. The molecule has 1 aliphatic rings. The van der Waals surface area contributed by atoms with Crippen molar-refractivity contribution < 1.29 is 4.74 Å². The van der Waals surface area contributed by atoms with Crippen LogP contribution >= 0.6 is 11.6 Å². The van der Waals surface area contributed by atoms with E-state index in [2.05, 4.69) is 23.1 Å². The van der Waals surface area contributed by atoms with E-state index in [1.807, 2.05) is 23.3 Å². The van der Waals surface area contributed by atoms with Gasteiger partial charge in [-0.15, -0.1) is 11.6 Å². The minimum Gasteiger partial charge on any atom is -0.357 e. The molecule has 3 heterocycles. The first-order valence-corrected chi connectivity index (χ1v) is 8.05. The Morgan fingerprint density at radius 3 is 2.95 bits per heavy atom. The van der Waals surface area contributed by atoms with Crippen LogP contribution in [-0.4, -0.2) is 21.4 Å². The molecule has 0 spiro atoms. The molecule has 112 valence electrons. The number of ether oxygens (including phenoxy) is 1. The van der Waals surface area contributed by atoms with E-state index in [9.17, 15) is 0 Å². The summed E-state index contributed by atoms with van der Waals surface area (Å²) < 4.78 is 7.69. The fraction of sp³-hybridized carbons (Fsp3) is 0.500. The Labute approximate surface area is 130 Å². The van der Waals surface area contributed by atoms with Gasteiger partial charge in [0.2, 0.25) is 0 Å². The van der Waals surface area contributed by atoms with Crippen LogP contribution in [0.5, 0.6) is 0 Å². The van der Waals surface area contributed by atoms with Crippen molar-refractivity contribution in [2.45, 2.75) is 44.7 Å². The van der Waals surface area contributed by atoms with Gasteiger partial charge >= 0.3 is 0 Å². The summed E-state index contributed by atoms with van der Waals surface area (Å²) in [5.74, 6) is 0.457. The second-order valence-corrected chi connectivity index (χ2v) is 5.61. The third kappa shape index (κ3) is 3.11. The maximum Gasteiger partial charge on any atom is 0.150 e. The second-order valence-electron chi connectivity index (χ2n) is 5.35. The molecule has 1 saturated heterocycles. The van der Waals surface area contributed by atoms with E-state index in [-0.39, 0.29) is 6.23 Å². The zero-order chi connectivity index (χ0) is 14.7. The van der Waals surface area contributed by atoms with Crippen molar-refractivity contribution in [1.29, 1.82) is 0 Å². The van der Waals surface area contributed by atoms with Crippen molar-refractivity contribution >= 4 is 11.6 Å². The summed E-state index contributed by atoms with van der Waals surface area (Å²) in [6, 6.07) is 2.16. The molecule has 21 heavy (non-hydrogen) atoms. The van der Waals surface area contributed by atoms with Gasteiger partial charge in [-0.1, -0.05) is 6.92 Å². The molecule has 0 aromatic carbocycles. The summed E-state index contributed by atoms with van der Waals surface area (Å²) in [4.78, 5) is 4.47. The molecule has 1 aliphatic heterocycles. The van der Waals surface area contributed by atoms with Gasteiger partial charge in [0.1, 0.15) is 6.23 Å². The lowest BCUT2D eigenvalue weighted by Crippen LogP contribution is -2.18. The van der Waals surface area contributed by atoms with E-state index in [0.29, 0.717) is 5.88 Å². The number of rotatable bonds is 4. The highest BCUT2D eigenvalue weighted by atomic mass is 35.5. The highest BCUT2D eigenvalue weighted by Gasteiger charge is 2.17. The predicted octanol–water partition coefficient (Wildman–Crippen LogP) is 3.95. The van der Waals surface area contributed by atoms with Crippen LogP contribution in [-0.2, 0) is 17.0 Å². The fourth-order valence-electron chi connectivity index (χ4n) is 2.70.